The van der Waals surface area contributed by atoms with Gasteiger partial charge in [0.2, 0.25) is 0 Å². The molecule has 2 bridgehead atoms. The predicted molar refractivity (Wildman–Crippen MR) is 54.1 cm³/mol. The van der Waals surface area contributed by atoms with Gasteiger partial charge in [-0.2, -0.15) is 0 Å². The van der Waals surface area contributed by atoms with Gasteiger partial charge in [0.15, 0.2) is 15.4 Å². The smallest absolute Gasteiger partial charge is 0.180 e. The van der Waals surface area contributed by atoms with E-state index in [1.807, 2.05) is 0 Å². The van der Waals surface area contributed by atoms with E-state index in [2.05, 4.69) is 6.82 Å². The Morgan fingerprint density at radius 2 is 1.45 bits per heavy atom. The van der Waals surface area contributed by atoms with E-state index in [-0.39, 0.29) is 0 Å². The molecule has 0 aromatic rings. The Bertz CT molecular complexity index is 147. The second-order valence-corrected chi connectivity index (χ2v) is 4.08. The van der Waals surface area contributed by atoms with Crippen molar-refractivity contribution in [1.29, 1.82) is 0 Å². The van der Waals surface area contributed by atoms with Gasteiger partial charge in [0.1, 0.15) is 0 Å². The van der Waals surface area contributed by atoms with Gasteiger partial charge in [-0.05, 0) is 0 Å². The van der Waals surface area contributed by atoms with E-state index < -0.39 is 0 Å². The van der Waals surface area contributed by atoms with Crippen LogP contribution in [0.1, 0.15) is 0 Å². The molecule has 0 radical (unpaired) electrons. The molecule has 0 N–H and O–H groups in total. The highest BCUT2D eigenvalue weighted by molar-refractivity contribution is 6.24. The minimum Gasteiger partial charge on any atom is -0.509 e. The highest BCUT2D eigenvalue weighted by Gasteiger charge is 2.36. The summed E-state index contributed by atoms with van der Waals surface area (Å²) in [6.07, 6.45) is 0. The van der Waals surface area contributed by atoms with Gasteiger partial charge in [-0.3, -0.25) is 0 Å². The molecule has 0 aliphatic carbocycles. The molecular formula is C7H20B2N2. The fraction of sp³-hybridized carbons (Fsp3) is 1.00. The topological polar surface area (TPSA) is 0 Å². The van der Waals surface area contributed by atoms with Crippen molar-refractivity contribution in [3.63, 3.8) is 0 Å². The average molecular weight is 154 g/mol. The third kappa shape index (κ3) is 1.13. The van der Waals surface area contributed by atoms with Crippen molar-refractivity contribution in [3.05, 3.63) is 0 Å². The molecule has 0 saturated carbocycles. The predicted octanol–water partition coefficient (Wildman–Crippen LogP) is -1.94. The van der Waals surface area contributed by atoms with E-state index in [0.717, 1.165) is 0 Å². The van der Waals surface area contributed by atoms with E-state index >= 15 is 0 Å². The first-order valence-electron chi connectivity index (χ1n) is 4.84. The molecule has 3 fully saturated rings. The van der Waals surface area contributed by atoms with Crippen molar-refractivity contribution in [3.8, 4) is 0 Å². The van der Waals surface area contributed by atoms with Crippen LogP contribution in [0.25, 0.3) is 0 Å². The maximum Gasteiger partial charge on any atom is 0.180 e. The standard InChI is InChI=1S/C7H20B2N2/c1-9-11-5-2-10(8,3-6-11)4-7-11/h2-7,9H2,1,8H3. The first-order chi connectivity index (χ1) is 5.18. The van der Waals surface area contributed by atoms with Crippen LogP contribution in [0.3, 0.4) is 0 Å². The van der Waals surface area contributed by atoms with Crippen LogP contribution in [0.15, 0.2) is 0 Å². The minimum absolute atomic E-state index is 0.345. The van der Waals surface area contributed by atoms with Gasteiger partial charge in [0.25, 0.3) is 0 Å². The fourth-order valence-electron chi connectivity index (χ4n) is 2.49. The molecule has 0 unspecified atom stereocenters. The van der Waals surface area contributed by atoms with Crippen molar-refractivity contribution in [1.82, 2.24) is 0 Å². The van der Waals surface area contributed by atoms with Gasteiger partial charge < -0.3 is 8.79 Å². The summed E-state index contributed by atoms with van der Waals surface area (Å²) in [5, 5.41) is 0. The zero-order valence-electron chi connectivity index (χ0n) is 7.14. The van der Waals surface area contributed by atoms with Crippen molar-refractivity contribution in [2.24, 2.45) is 0 Å². The Morgan fingerprint density at radius 3 is 1.82 bits per heavy atom. The van der Waals surface area contributed by atoms with Gasteiger partial charge in [-0.1, -0.05) is 0 Å². The fourth-order valence-corrected chi connectivity index (χ4v) is 2.49. The Hall–Kier alpha value is 0.0499. The normalized spacial score (nSPS) is 49.6. The Kier molecular flexibility index (Phi) is 1.58. The van der Waals surface area contributed by atoms with E-state index in [0.29, 0.717) is 15.4 Å². The lowest BCUT2D eigenvalue weighted by atomic mass is 9.84. The maximum atomic E-state index is 2.49. The lowest BCUT2D eigenvalue weighted by Gasteiger charge is -2.64. The van der Waals surface area contributed by atoms with Crippen molar-refractivity contribution in [2.75, 3.05) is 39.3 Å². The molecule has 0 aromatic heterocycles. The highest BCUT2D eigenvalue weighted by Crippen LogP contribution is 2.22. The molecule has 3 aliphatic heterocycles. The summed E-state index contributed by atoms with van der Waals surface area (Å²) in [7, 11) is 0.919. The Balaban J connectivity index is 2.12. The second kappa shape index (κ2) is 2.27. The molecule has 3 aliphatic rings. The molecule has 3 heterocycles. The SMILES string of the molecule is [BH3-][N+]12CC[N+]([BH2-]C)(CC1)CC2. The second-order valence-electron chi connectivity index (χ2n) is 4.08. The van der Waals surface area contributed by atoms with Crippen LogP contribution in [0, 0.1) is 0 Å². The molecule has 3 rings (SSSR count). The van der Waals surface area contributed by atoms with Gasteiger partial charge >= 0.3 is 0 Å². The molecule has 2 nitrogen and oxygen atoms in total. The zero-order valence-corrected chi connectivity index (χ0v) is 7.14. The lowest BCUT2D eigenvalue weighted by molar-refractivity contribution is -0.985. The van der Waals surface area contributed by atoms with Crippen LogP contribution in [-0.4, -0.2) is 63.5 Å². The number of fused-ring (bicyclic) bond motifs is 3. The first kappa shape index (κ1) is 7.69. The first-order valence-corrected chi connectivity index (χ1v) is 4.84. The van der Waals surface area contributed by atoms with Gasteiger partial charge in [0, 0.05) is 0 Å². The molecule has 0 spiro atoms. The maximum absolute atomic E-state index is 2.49. The molecular weight excluding hydrogens is 134 g/mol. The van der Waals surface area contributed by atoms with Crippen LogP contribution < -0.4 is 0 Å². The molecule has 0 aromatic carbocycles. The number of rotatable bonds is 1. The summed E-state index contributed by atoms with van der Waals surface area (Å²) in [4.78, 5) is 0. The molecule has 0 atom stereocenters. The van der Waals surface area contributed by atoms with Crippen molar-refractivity contribution in [2.45, 2.75) is 6.82 Å². The van der Waals surface area contributed by atoms with E-state index in [4.69, 9.17) is 0 Å². The summed E-state index contributed by atoms with van der Waals surface area (Å²) in [6.45, 7) is 11.9. The van der Waals surface area contributed by atoms with Gasteiger partial charge in [0.05, 0.1) is 39.3 Å². The zero-order chi connectivity index (χ0) is 7.95. The van der Waals surface area contributed by atoms with E-state index in [1.54, 1.807) is 48.1 Å². The van der Waals surface area contributed by atoms with Crippen LogP contribution >= 0.6 is 0 Å². The van der Waals surface area contributed by atoms with Crippen LogP contribution in [0.2, 0.25) is 6.82 Å². The van der Waals surface area contributed by atoms with Crippen molar-refractivity contribution >= 4 is 15.4 Å². The summed E-state index contributed by atoms with van der Waals surface area (Å²) < 4.78 is 3.22. The molecule has 3 saturated heterocycles. The summed E-state index contributed by atoms with van der Waals surface area (Å²) in [6, 6.07) is 0. The summed E-state index contributed by atoms with van der Waals surface area (Å²) in [5.41, 5.74) is 0. The van der Waals surface area contributed by atoms with Gasteiger partial charge in [-0.25, -0.2) is 0 Å². The average Bonchev–Trinajstić information content (AvgIpc) is 2.07. The van der Waals surface area contributed by atoms with Crippen LogP contribution in [0.4, 0.5) is 0 Å². The third-order valence-electron chi connectivity index (χ3n) is 3.82. The van der Waals surface area contributed by atoms with Crippen LogP contribution in [0.5, 0.6) is 0 Å². The number of hydrogen-bond acceptors (Lipinski definition) is 0. The minimum atomic E-state index is 0.345. The van der Waals surface area contributed by atoms with Crippen LogP contribution in [-0.2, 0) is 0 Å². The molecule has 0 amide bonds. The highest BCUT2D eigenvalue weighted by atomic mass is 15.5. The Morgan fingerprint density at radius 1 is 1.00 bits per heavy atom. The summed E-state index contributed by atoms with van der Waals surface area (Å²) >= 11 is 0. The number of nitrogens with zero attached hydrogens (tertiary/aromatic N) is 2. The quantitative estimate of drug-likeness (QED) is 0.385. The lowest BCUT2D eigenvalue weighted by Crippen LogP contribution is -2.74. The number of quaternary nitrogens is 2. The molecule has 11 heavy (non-hydrogen) atoms. The monoisotopic (exact) mass is 154 g/mol. The number of piperazine rings is 3. The van der Waals surface area contributed by atoms with Gasteiger partial charge in [-0.15, -0.1) is 6.82 Å². The largest absolute Gasteiger partial charge is 0.509 e. The number of hydrogen-bond donors (Lipinski definition) is 0. The van der Waals surface area contributed by atoms with E-state index in [9.17, 15) is 0 Å². The van der Waals surface area contributed by atoms with E-state index in [1.165, 1.54) is 0 Å². The molecule has 64 valence electrons. The Labute approximate surface area is 71.0 Å². The molecule has 4 heteroatoms. The van der Waals surface area contributed by atoms with Crippen molar-refractivity contribution < 1.29 is 8.79 Å². The summed E-state index contributed by atoms with van der Waals surface area (Å²) in [5.74, 6) is 0. The third-order valence-corrected chi connectivity index (χ3v) is 3.82.